The van der Waals surface area contributed by atoms with Gasteiger partial charge >= 0.3 is 12.3 Å². The Bertz CT molecular complexity index is 1780. The molecular formula is C32H24F3NO7S. The normalized spacial score (nSPS) is 11.9. The van der Waals surface area contributed by atoms with Crippen molar-refractivity contribution in [3.63, 3.8) is 0 Å². The fraction of sp³-hybridized carbons (Fsp3) is 0.0938. The van der Waals surface area contributed by atoms with Gasteiger partial charge in [0.25, 0.3) is 5.91 Å². The second-order valence-electron chi connectivity index (χ2n) is 9.32. The Morgan fingerprint density at radius 2 is 1.30 bits per heavy atom. The first kappa shape index (κ1) is 31.7. The number of carboxylic acid groups (broad SMARTS) is 1. The van der Waals surface area contributed by atoms with E-state index < -0.39 is 39.6 Å². The first-order chi connectivity index (χ1) is 20.8. The number of benzene rings is 4. The smallest absolute Gasteiger partial charge is 0.481 e. The minimum atomic E-state index is -4.92. The quantitative estimate of drug-likeness (QED) is 0.152. The van der Waals surface area contributed by atoms with E-state index >= 15 is 0 Å². The van der Waals surface area contributed by atoms with Crippen LogP contribution in [0.5, 0.6) is 5.75 Å². The lowest BCUT2D eigenvalue weighted by molar-refractivity contribution is -0.274. The highest BCUT2D eigenvalue weighted by Crippen LogP contribution is 2.31. The molecule has 0 atom stereocenters. The summed E-state index contributed by atoms with van der Waals surface area (Å²) in [6.45, 7) is -0.120. The van der Waals surface area contributed by atoms with Crippen LogP contribution in [0.4, 0.5) is 13.2 Å². The number of rotatable bonds is 11. The van der Waals surface area contributed by atoms with Gasteiger partial charge in [0.2, 0.25) is 9.84 Å². The van der Waals surface area contributed by atoms with E-state index in [9.17, 15) is 36.0 Å². The zero-order chi connectivity index (χ0) is 31.9. The first-order valence-electron chi connectivity index (χ1n) is 13.0. The number of sulfone groups is 1. The van der Waals surface area contributed by atoms with Crippen molar-refractivity contribution in [3.05, 3.63) is 126 Å². The molecule has 0 bridgehead atoms. The maximum absolute atomic E-state index is 13.9. The molecule has 4 aromatic carbocycles. The average Bonchev–Trinajstić information content (AvgIpc) is 2.99. The molecule has 2 N–H and O–H groups in total. The number of carboxylic acids is 1. The zero-order valence-corrected chi connectivity index (χ0v) is 23.6. The topological polar surface area (TPSA) is 127 Å². The van der Waals surface area contributed by atoms with Gasteiger partial charge in [0.15, 0.2) is 5.78 Å². The van der Waals surface area contributed by atoms with E-state index in [0.717, 1.165) is 41.5 Å². The Balaban J connectivity index is 1.69. The van der Waals surface area contributed by atoms with E-state index in [-0.39, 0.29) is 39.5 Å². The van der Waals surface area contributed by atoms with Crippen molar-refractivity contribution >= 4 is 32.4 Å². The SMILES string of the molecule is O=C(O)CCNC(=O)c1ccc(S(=O)(=O)C(=CC(=O)c2ccc(OC(F)(F)F)cc2)c2ccc(-c3ccccc3)cc2)cc1. The van der Waals surface area contributed by atoms with Gasteiger partial charge in [0.1, 0.15) is 5.75 Å². The molecule has 0 unspecified atom stereocenters. The van der Waals surface area contributed by atoms with Crippen LogP contribution in [0, 0.1) is 0 Å². The van der Waals surface area contributed by atoms with Gasteiger partial charge in [-0.3, -0.25) is 14.4 Å². The zero-order valence-electron chi connectivity index (χ0n) is 22.7. The third-order valence-corrected chi connectivity index (χ3v) is 8.08. The monoisotopic (exact) mass is 623 g/mol. The predicted octanol–water partition coefficient (Wildman–Crippen LogP) is 6.15. The van der Waals surface area contributed by atoms with Crippen molar-refractivity contribution in [2.24, 2.45) is 0 Å². The number of hydrogen-bond donors (Lipinski definition) is 2. The van der Waals surface area contributed by atoms with Crippen LogP contribution in [0.15, 0.2) is 114 Å². The van der Waals surface area contributed by atoms with Crippen molar-refractivity contribution in [1.82, 2.24) is 5.32 Å². The Hall–Kier alpha value is -5.23. The number of carbonyl (C=O) groups is 3. The van der Waals surface area contributed by atoms with E-state index in [1.807, 2.05) is 30.3 Å². The number of ether oxygens (including phenoxy) is 1. The van der Waals surface area contributed by atoms with Crippen molar-refractivity contribution in [2.75, 3.05) is 6.54 Å². The molecule has 0 aliphatic rings. The molecule has 0 aliphatic carbocycles. The summed E-state index contributed by atoms with van der Waals surface area (Å²) in [5.41, 5.74) is 1.84. The van der Waals surface area contributed by atoms with Crippen LogP contribution in [0.25, 0.3) is 16.0 Å². The predicted molar refractivity (Wildman–Crippen MR) is 156 cm³/mol. The standard InChI is InChI=1S/C32H24F3NO7S/c33-32(34,35)43-26-14-10-23(11-15-26)28(37)20-29(24-8-6-22(7-9-24)21-4-2-1-3-5-21)44(41,42)27-16-12-25(13-17-27)31(40)36-19-18-30(38)39/h1-17,20H,18-19H2,(H,36,40)(H,38,39). The molecule has 0 saturated carbocycles. The second-order valence-corrected chi connectivity index (χ2v) is 11.2. The number of allylic oxidation sites excluding steroid dienone is 1. The number of nitrogens with one attached hydrogen (secondary N) is 1. The van der Waals surface area contributed by atoms with E-state index in [2.05, 4.69) is 10.1 Å². The number of alkyl halides is 3. The van der Waals surface area contributed by atoms with Crippen molar-refractivity contribution in [3.8, 4) is 16.9 Å². The van der Waals surface area contributed by atoms with E-state index in [0.29, 0.717) is 0 Å². The van der Waals surface area contributed by atoms with Crippen LogP contribution in [-0.4, -0.2) is 44.1 Å². The number of halogens is 3. The van der Waals surface area contributed by atoms with Gasteiger partial charge in [0.05, 0.1) is 16.2 Å². The lowest BCUT2D eigenvalue weighted by Gasteiger charge is -2.12. The summed E-state index contributed by atoms with van der Waals surface area (Å²) in [4.78, 5) is 35.6. The summed E-state index contributed by atoms with van der Waals surface area (Å²) in [7, 11) is -4.38. The van der Waals surface area contributed by atoms with Gasteiger partial charge in [-0.05, 0) is 65.2 Å². The molecular weight excluding hydrogens is 599 g/mol. The molecule has 0 heterocycles. The highest BCUT2D eigenvalue weighted by Gasteiger charge is 2.31. The van der Waals surface area contributed by atoms with Crippen LogP contribution < -0.4 is 10.1 Å². The Kier molecular flexibility index (Phi) is 9.64. The summed E-state index contributed by atoms with van der Waals surface area (Å²) in [6, 6.07) is 24.6. The summed E-state index contributed by atoms with van der Waals surface area (Å²) < 4.78 is 69.2. The Morgan fingerprint density at radius 1 is 0.750 bits per heavy atom. The van der Waals surface area contributed by atoms with Gasteiger partial charge in [-0.1, -0.05) is 54.6 Å². The molecule has 0 radical (unpaired) electrons. The third-order valence-electron chi connectivity index (χ3n) is 6.25. The lowest BCUT2D eigenvalue weighted by atomic mass is 10.0. The summed E-state index contributed by atoms with van der Waals surface area (Å²) in [5, 5.41) is 11.2. The highest BCUT2D eigenvalue weighted by molar-refractivity contribution is 8.00. The third kappa shape index (κ3) is 8.19. The largest absolute Gasteiger partial charge is 0.573 e. The highest BCUT2D eigenvalue weighted by atomic mass is 32.2. The van der Waals surface area contributed by atoms with Gasteiger partial charge in [-0.25, -0.2) is 8.42 Å². The van der Waals surface area contributed by atoms with Gasteiger partial charge in [-0.2, -0.15) is 0 Å². The van der Waals surface area contributed by atoms with Crippen LogP contribution in [0.3, 0.4) is 0 Å². The van der Waals surface area contributed by atoms with Crippen molar-refractivity contribution < 1.29 is 45.8 Å². The fourth-order valence-electron chi connectivity index (χ4n) is 4.09. The van der Waals surface area contributed by atoms with Crippen molar-refractivity contribution in [2.45, 2.75) is 17.7 Å². The van der Waals surface area contributed by atoms with Crippen LogP contribution in [0.1, 0.15) is 32.7 Å². The molecule has 0 spiro atoms. The molecule has 226 valence electrons. The first-order valence-corrected chi connectivity index (χ1v) is 14.4. The molecule has 4 aromatic rings. The van der Waals surface area contributed by atoms with E-state index in [1.54, 1.807) is 12.1 Å². The molecule has 4 rings (SSSR count). The van der Waals surface area contributed by atoms with Gasteiger partial charge < -0.3 is 15.2 Å². The maximum atomic E-state index is 13.9. The van der Waals surface area contributed by atoms with Crippen LogP contribution in [0.2, 0.25) is 0 Å². The number of ketones is 1. The molecule has 12 heteroatoms. The number of aliphatic carboxylic acids is 1. The molecule has 8 nitrogen and oxygen atoms in total. The maximum Gasteiger partial charge on any atom is 0.573 e. The second kappa shape index (κ2) is 13.4. The Morgan fingerprint density at radius 3 is 1.86 bits per heavy atom. The summed E-state index contributed by atoms with van der Waals surface area (Å²) >= 11 is 0. The number of hydrogen-bond acceptors (Lipinski definition) is 6. The molecule has 44 heavy (non-hydrogen) atoms. The molecule has 0 saturated heterocycles. The van der Waals surface area contributed by atoms with Crippen LogP contribution >= 0.6 is 0 Å². The van der Waals surface area contributed by atoms with E-state index in [1.165, 1.54) is 36.4 Å². The summed E-state index contributed by atoms with van der Waals surface area (Å²) in [5.74, 6) is -3.03. The molecule has 1 amide bonds. The molecule has 0 aromatic heterocycles. The number of carbonyl (C=O) groups excluding carboxylic acids is 2. The summed E-state index contributed by atoms with van der Waals surface area (Å²) in [6.07, 6.45) is -4.33. The minimum Gasteiger partial charge on any atom is -0.481 e. The Labute approximate surface area is 250 Å². The lowest BCUT2D eigenvalue weighted by Crippen LogP contribution is -2.25. The van der Waals surface area contributed by atoms with Gasteiger partial charge in [0, 0.05) is 23.7 Å². The van der Waals surface area contributed by atoms with Crippen molar-refractivity contribution in [1.29, 1.82) is 0 Å². The van der Waals surface area contributed by atoms with Gasteiger partial charge in [-0.15, -0.1) is 13.2 Å². The average molecular weight is 624 g/mol. The fourth-order valence-corrected chi connectivity index (χ4v) is 5.55. The minimum absolute atomic E-state index is 0.0819. The number of amides is 1. The molecule has 0 fully saturated rings. The molecule has 0 aliphatic heterocycles. The van der Waals surface area contributed by atoms with Crippen LogP contribution in [-0.2, 0) is 14.6 Å². The van der Waals surface area contributed by atoms with E-state index in [4.69, 9.17) is 5.11 Å².